The average molecular weight is 548 g/mol. The summed E-state index contributed by atoms with van der Waals surface area (Å²) >= 11 is 3.09. The van der Waals surface area contributed by atoms with Crippen molar-refractivity contribution in [2.45, 2.75) is 13.1 Å². The van der Waals surface area contributed by atoms with Gasteiger partial charge in [-0.05, 0) is 37.9 Å². The van der Waals surface area contributed by atoms with E-state index < -0.39 is 21.5 Å². The molecule has 0 N–H and O–H groups in total. The van der Waals surface area contributed by atoms with Crippen LogP contribution in [0.25, 0.3) is 0 Å². The third-order valence-corrected chi connectivity index (χ3v) is 4.61. The summed E-state index contributed by atoms with van der Waals surface area (Å²) < 4.78 is 29.9. The van der Waals surface area contributed by atoms with Gasteiger partial charge in [0, 0.05) is 16.9 Å². The third kappa shape index (κ3) is 6.68. The number of nitro groups is 2. The van der Waals surface area contributed by atoms with Gasteiger partial charge in [0.25, 0.3) is 0 Å². The van der Waals surface area contributed by atoms with Gasteiger partial charge in [0.05, 0.1) is 51.7 Å². The molecule has 4 rings (SSSR count). The first-order valence-electron chi connectivity index (χ1n) is 9.36. The van der Waals surface area contributed by atoms with Crippen LogP contribution in [0.5, 0.6) is 0 Å². The van der Waals surface area contributed by atoms with Crippen LogP contribution >= 0.6 is 15.9 Å². The second kappa shape index (κ2) is 11.0. The van der Waals surface area contributed by atoms with Gasteiger partial charge in [-0.15, -0.1) is 0 Å². The van der Waals surface area contributed by atoms with Crippen molar-refractivity contribution < 1.29 is 18.6 Å². The standard InChI is InChI=1S/C10H6FN5O2.C9H6BrFN4O2/c11-8-3-7(4-12)5-13-9(8)6-15-2-1-10(14-15)16(17)18;10-6-3-7(11)8(12-4-6)5-14-2-1-9(13-14)15(16)17/h1-3,5H,6H2;1-4H,5H2. The zero-order valence-corrected chi connectivity index (χ0v) is 18.9. The lowest BCUT2D eigenvalue weighted by atomic mass is 10.2. The molecule has 0 radical (unpaired) electrons. The van der Waals surface area contributed by atoms with Gasteiger partial charge in [-0.1, -0.05) is 0 Å². The molecule has 0 aliphatic heterocycles. The molecule has 4 aromatic rings. The van der Waals surface area contributed by atoms with Gasteiger partial charge in [-0.25, -0.2) is 8.78 Å². The van der Waals surface area contributed by atoms with Gasteiger partial charge in [-0.3, -0.25) is 9.97 Å². The number of halogens is 3. The molecule has 0 spiro atoms. The number of hydrogen-bond donors (Lipinski definition) is 0. The summed E-state index contributed by atoms with van der Waals surface area (Å²) in [6.07, 6.45) is 5.45. The van der Waals surface area contributed by atoms with E-state index in [2.05, 4.69) is 36.1 Å². The predicted molar refractivity (Wildman–Crippen MR) is 117 cm³/mol. The summed E-state index contributed by atoms with van der Waals surface area (Å²) in [6, 6.07) is 6.55. The van der Waals surface area contributed by atoms with E-state index in [0.717, 1.165) is 6.07 Å². The van der Waals surface area contributed by atoms with E-state index >= 15 is 0 Å². The van der Waals surface area contributed by atoms with Crippen molar-refractivity contribution in [3.8, 4) is 6.07 Å². The van der Waals surface area contributed by atoms with E-state index in [-0.39, 0.29) is 41.7 Å². The SMILES string of the molecule is N#Cc1cnc(Cn2ccc([N+](=O)[O-])n2)c(F)c1.O=[N+]([O-])c1ccn(Cc2ncc(Br)cc2F)n1. The van der Waals surface area contributed by atoms with Crippen molar-refractivity contribution in [3.05, 3.63) is 102 Å². The number of rotatable bonds is 6. The first-order valence-corrected chi connectivity index (χ1v) is 10.2. The topological polar surface area (TPSA) is 171 Å². The molecule has 16 heteroatoms. The van der Waals surface area contributed by atoms with Crippen molar-refractivity contribution >= 4 is 27.6 Å². The summed E-state index contributed by atoms with van der Waals surface area (Å²) in [7, 11) is 0. The van der Waals surface area contributed by atoms with Gasteiger partial charge in [-0.2, -0.15) is 14.6 Å². The minimum Gasteiger partial charge on any atom is -0.358 e. The quantitative estimate of drug-likeness (QED) is 0.259. The maximum Gasteiger partial charge on any atom is 0.389 e. The summed E-state index contributed by atoms with van der Waals surface area (Å²) in [5.41, 5.74) is 0.348. The first-order chi connectivity index (χ1) is 16.7. The zero-order valence-electron chi connectivity index (χ0n) is 17.3. The van der Waals surface area contributed by atoms with Crippen LogP contribution in [0.4, 0.5) is 20.4 Å². The van der Waals surface area contributed by atoms with Gasteiger partial charge in [0.2, 0.25) is 0 Å². The van der Waals surface area contributed by atoms with Crippen LogP contribution in [0.3, 0.4) is 0 Å². The van der Waals surface area contributed by atoms with E-state index in [9.17, 15) is 29.0 Å². The predicted octanol–water partition coefficient (Wildman–Crippen LogP) is 3.38. The molecule has 13 nitrogen and oxygen atoms in total. The molecular weight excluding hydrogens is 536 g/mol. The maximum absolute atomic E-state index is 13.5. The highest BCUT2D eigenvalue weighted by atomic mass is 79.9. The summed E-state index contributed by atoms with van der Waals surface area (Å²) in [4.78, 5) is 27.2. The van der Waals surface area contributed by atoms with E-state index in [1.807, 2.05) is 0 Å². The molecule has 0 saturated carbocycles. The fraction of sp³-hybridized carbons (Fsp3) is 0.105. The highest BCUT2D eigenvalue weighted by molar-refractivity contribution is 9.10. The molecule has 0 atom stereocenters. The highest BCUT2D eigenvalue weighted by Crippen LogP contribution is 2.14. The second-order valence-corrected chi connectivity index (χ2v) is 7.52. The fourth-order valence-corrected chi connectivity index (χ4v) is 2.89. The monoisotopic (exact) mass is 547 g/mol. The number of hydrogen-bond acceptors (Lipinski definition) is 9. The molecule has 35 heavy (non-hydrogen) atoms. The number of pyridine rings is 2. The van der Waals surface area contributed by atoms with Crippen LogP contribution in [-0.4, -0.2) is 39.4 Å². The van der Waals surface area contributed by atoms with E-state index in [4.69, 9.17) is 5.26 Å². The Kier molecular flexibility index (Phi) is 7.84. The molecule has 4 heterocycles. The van der Waals surface area contributed by atoms with Gasteiger partial charge >= 0.3 is 11.6 Å². The zero-order chi connectivity index (χ0) is 25.5. The van der Waals surface area contributed by atoms with Gasteiger partial charge < -0.3 is 20.2 Å². The van der Waals surface area contributed by atoms with Crippen molar-refractivity contribution in [2.24, 2.45) is 0 Å². The van der Waals surface area contributed by atoms with Crippen LogP contribution in [0.1, 0.15) is 17.0 Å². The Morgan fingerprint density at radius 1 is 0.914 bits per heavy atom. The van der Waals surface area contributed by atoms with Crippen molar-refractivity contribution in [1.29, 1.82) is 5.26 Å². The highest BCUT2D eigenvalue weighted by Gasteiger charge is 2.14. The molecule has 0 aliphatic rings. The Balaban J connectivity index is 0.000000196. The lowest BCUT2D eigenvalue weighted by Gasteiger charge is -2.00. The van der Waals surface area contributed by atoms with E-state index in [0.29, 0.717) is 4.47 Å². The molecule has 0 saturated heterocycles. The lowest BCUT2D eigenvalue weighted by molar-refractivity contribution is -0.390. The summed E-state index contributed by atoms with van der Waals surface area (Å²) in [6.45, 7) is 0.0122. The Morgan fingerprint density at radius 2 is 1.40 bits per heavy atom. The Hall–Kier alpha value is -4.65. The number of nitriles is 1. The van der Waals surface area contributed by atoms with Crippen molar-refractivity contribution in [1.82, 2.24) is 29.5 Å². The summed E-state index contributed by atoms with van der Waals surface area (Å²) in [5, 5.41) is 36.7. The van der Waals surface area contributed by atoms with E-state index in [1.165, 1.54) is 52.4 Å². The van der Waals surface area contributed by atoms with Crippen LogP contribution < -0.4 is 0 Å². The molecule has 4 aromatic heterocycles. The number of nitrogens with zero attached hydrogens (tertiary/aromatic N) is 9. The largest absolute Gasteiger partial charge is 0.389 e. The van der Waals surface area contributed by atoms with Gasteiger partial charge in [0.15, 0.2) is 0 Å². The van der Waals surface area contributed by atoms with Crippen LogP contribution in [0.2, 0.25) is 0 Å². The minimum atomic E-state index is -0.646. The van der Waals surface area contributed by atoms with Gasteiger partial charge in [0.1, 0.15) is 30.8 Å². The van der Waals surface area contributed by atoms with Crippen molar-refractivity contribution in [3.63, 3.8) is 0 Å². The van der Waals surface area contributed by atoms with Crippen LogP contribution in [0, 0.1) is 43.2 Å². The fourth-order valence-electron chi connectivity index (χ4n) is 2.58. The minimum absolute atomic E-state index is 0.0363. The first kappa shape index (κ1) is 25.0. The maximum atomic E-state index is 13.5. The molecule has 0 fully saturated rings. The molecule has 0 unspecified atom stereocenters. The Bertz CT molecular complexity index is 1430. The lowest BCUT2D eigenvalue weighted by Crippen LogP contribution is -2.05. The van der Waals surface area contributed by atoms with Crippen molar-refractivity contribution in [2.75, 3.05) is 0 Å². The molecule has 0 bridgehead atoms. The molecular formula is C19H12BrF2N9O4. The van der Waals surface area contributed by atoms with Crippen LogP contribution in [0.15, 0.2) is 53.5 Å². The average Bonchev–Trinajstić information content (AvgIpc) is 3.47. The smallest absolute Gasteiger partial charge is 0.358 e. The molecule has 0 amide bonds. The van der Waals surface area contributed by atoms with E-state index in [1.54, 1.807) is 6.07 Å². The second-order valence-electron chi connectivity index (χ2n) is 6.60. The Labute approximate surface area is 202 Å². The Morgan fingerprint density at radius 3 is 1.80 bits per heavy atom. The number of aromatic nitrogens is 6. The molecule has 178 valence electrons. The molecule has 0 aliphatic carbocycles. The normalized spacial score (nSPS) is 10.2. The van der Waals surface area contributed by atoms with Crippen LogP contribution in [-0.2, 0) is 13.1 Å². The third-order valence-electron chi connectivity index (χ3n) is 4.18. The summed E-state index contributed by atoms with van der Waals surface area (Å²) in [5.74, 6) is -1.73. The molecule has 0 aromatic carbocycles.